The Balaban J connectivity index is 1.52. The second-order valence-electron chi connectivity index (χ2n) is 9.22. The molecule has 172 valence electrons. The maximum absolute atomic E-state index is 12.9. The first kappa shape index (κ1) is 22.6. The Morgan fingerprint density at radius 3 is 2.25 bits per heavy atom. The van der Waals surface area contributed by atoms with E-state index in [9.17, 15) is 18.3 Å². The van der Waals surface area contributed by atoms with Crippen LogP contribution in [0.3, 0.4) is 0 Å². The van der Waals surface area contributed by atoms with Gasteiger partial charge in [0, 0.05) is 18.8 Å². The van der Waals surface area contributed by atoms with Gasteiger partial charge in [0.05, 0.1) is 16.1 Å². The van der Waals surface area contributed by atoms with Gasteiger partial charge < -0.3 is 10.0 Å². The summed E-state index contributed by atoms with van der Waals surface area (Å²) in [5.41, 5.74) is 2.21. The lowest BCUT2D eigenvalue weighted by Crippen LogP contribution is -2.33. The van der Waals surface area contributed by atoms with E-state index in [0.29, 0.717) is 17.5 Å². The van der Waals surface area contributed by atoms with Crippen molar-refractivity contribution >= 4 is 27.4 Å². The summed E-state index contributed by atoms with van der Waals surface area (Å²) in [7, 11) is -3.80. The average Bonchev–Trinajstić information content (AvgIpc) is 2.80. The topological polar surface area (TPSA) is 86.7 Å². The first-order chi connectivity index (χ1) is 15.3. The summed E-state index contributed by atoms with van der Waals surface area (Å²) >= 11 is 0. The van der Waals surface area contributed by atoms with Gasteiger partial charge >= 0.3 is 5.97 Å². The molecule has 2 aliphatic rings. The van der Waals surface area contributed by atoms with Crippen LogP contribution in [0.2, 0.25) is 0 Å². The molecule has 1 saturated heterocycles. The second kappa shape index (κ2) is 9.53. The van der Waals surface area contributed by atoms with Gasteiger partial charge in [-0.15, -0.1) is 0 Å². The quantitative estimate of drug-likeness (QED) is 0.602. The normalized spacial score (nSPS) is 18.5. The molecule has 0 unspecified atom stereocenters. The number of aromatic carboxylic acids is 1. The van der Waals surface area contributed by atoms with Crippen LogP contribution in [0.1, 0.15) is 73.7 Å². The van der Waals surface area contributed by atoms with E-state index in [1.54, 1.807) is 24.3 Å². The smallest absolute Gasteiger partial charge is 0.337 e. The van der Waals surface area contributed by atoms with Crippen LogP contribution >= 0.6 is 0 Å². The number of carboxylic acids is 1. The lowest BCUT2D eigenvalue weighted by atomic mass is 9.84. The summed E-state index contributed by atoms with van der Waals surface area (Å²) in [4.78, 5) is 14.2. The first-order valence-corrected chi connectivity index (χ1v) is 13.1. The van der Waals surface area contributed by atoms with Crippen molar-refractivity contribution in [3.8, 4) is 0 Å². The highest BCUT2D eigenvalue weighted by molar-refractivity contribution is 7.92. The Morgan fingerprint density at radius 1 is 0.969 bits per heavy atom. The number of hydrogen-bond acceptors (Lipinski definition) is 4. The summed E-state index contributed by atoms with van der Waals surface area (Å²) in [6.45, 7) is 3.81. The van der Waals surface area contributed by atoms with Gasteiger partial charge in [0.25, 0.3) is 10.0 Å². The first-order valence-electron chi connectivity index (χ1n) is 11.6. The summed E-state index contributed by atoms with van der Waals surface area (Å²) in [5, 5.41) is 9.74. The van der Waals surface area contributed by atoms with Gasteiger partial charge in [-0.2, -0.15) is 0 Å². The van der Waals surface area contributed by atoms with E-state index in [-0.39, 0.29) is 16.1 Å². The Hall–Kier alpha value is -2.54. The third kappa shape index (κ3) is 5.09. The molecule has 4 rings (SSSR count). The minimum absolute atomic E-state index is 0.118. The van der Waals surface area contributed by atoms with Crippen molar-refractivity contribution in [2.24, 2.45) is 5.92 Å². The molecule has 2 N–H and O–H groups in total. The maximum atomic E-state index is 12.9. The van der Waals surface area contributed by atoms with Gasteiger partial charge in [0.2, 0.25) is 0 Å². The number of nitrogens with one attached hydrogen (secondary N) is 1. The van der Waals surface area contributed by atoms with Crippen molar-refractivity contribution in [1.82, 2.24) is 0 Å². The third-order valence-electron chi connectivity index (χ3n) is 6.87. The Morgan fingerprint density at radius 2 is 1.62 bits per heavy atom. The van der Waals surface area contributed by atoms with E-state index >= 15 is 0 Å². The summed E-state index contributed by atoms with van der Waals surface area (Å²) in [5.74, 6) is 0.0866. The molecule has 0 atom stereocenters. The Kier molecular flexibility index (Phi) is 6.74. The molecule has 6 nitrogen and oxygen atoms in total. The van der Waals surface area contributed by atoms with E-state index in [1.807, 2.05) is 12.1 Å². The third-order valence-corrected chi connectivity index (χ3v) is 8.27. The molecule has 0 spiro atoms. The summed E-state index contributed by atoms with van der Waals surface area (Å²) < 4.78 is 28.4. The zero-order chi connectivity index (χ0) is 22.7. The molecule has 1 saturated carbocycles. The second-order valence-corrected chi connectivity index (χ2v) is 10.9. The molecule has 2 aromatic carbocycles. The number of sulfonamides is 1. The molecule has 0 radical (unpaired) electrons. The van der Waals surface area contributed by atoms with Crippen molar-refractivity contribution in [3.05, 3.63) is 53.6 Å². The highest BCUT2D eigenvalue weighted by Gasteiger charge is 2.23. The van der Waals surface area contributed by atoms with Crippen molar-refractivity contribution in [2.75, 3.05) is 22.7 Å². The molecule has 7 heteroatoms. The highest BCUT2D eigenvalue weighted by atomic mass is 32.2. The van der Waals surface area contributed by atoms with Gasteiger partial charge in [0.15, 0.2) is 0 Å². The molecule has 32 heavy (non-hydrogen) atoms. The predicted octanol–water partition coefficient (Wildman–Crippen LogP) is 5.47. The fourth-order valence-corrected chi connectivity index (χ4v) is 5.91. The molecule has 1 aliphatic heterocycles. The number of carbonyl (C=O) groups is 1. The number of nitrogens with zero attached hydrogens (tertiary/aromatic N) is 1. The van der Waals surface area contributed by atoms with E-state index in [1.165, 1.54) is 30.9 Å². The fraction of sp³-hybridized carbons (Fsp3) is 0.480. The van der Waals surface area contributed by atoms with E-state index in [2.05, 4.69) is 16.5 Å². The molecular formula is C25H32N2O4S. The van der Waals surface area contributed by atoms with Crippen LogP contribution in [0.25, 0.3) is 0 Å². The number of anilines is 2. The van der Waals surface area contributed by atoms with E-state index < -0.39 is 16.0 Å². The monoisotopic (exact) mass is 456 g/mol. The van der Waals surface area contributed by atoms with Gasteiger partial charge in [-0.25, -0.2) is 13.2 Å². The zero-order valence-corrected chi connectivity index (χ0v) is 19.4. The summed E-state index contributed by atoms with van der Waals surface area (Å²) in [6.07, 6.45) is 8.08. The Labute approximate surface area is 190 Å². The molecule has 0 bridgehead atoms. The van der Waals surface area contributed by atoms with Crippen LogP contribution in [0.15, 0.2) is 47.4 Å². The van der Waals surface area contributed by atoms with Gasteiger partial charge in [0.1, 0.15) is 0 Å². The minimum Gasteiger partial charge on any atom is -0.478 e. The molecule has 1 aliphatic carbocycles. The fourth-order valence-electron chi connectivity index (χ4n) is 4.87. The zero-order valence-electron chi connectivity index (χ0n) is 18.6. The Bertz CT molecular complexity index is 1050. The highest BCUT2D eigenvalue weighted by Crippen LogP contribution is 2.33. The van der Waals surface area contributed by atoms with Crippen molar-refractivity contribution in [1.29, 1.82) is 0 Å². The predicted molar refractivity (Wildman–Crippen MR) is 127 cm³/mol. The number of benzene rings is 2. The molecule has 1 heterocycles. The van der Waals surface area contributed by atoms with E-state index in [4.69, 9.17) is 0 Å². The maximum Gasteiger partial charge on any atom is 0.337 e. The van der Waals surface area contributed by atoms with Crippen molar-refractivity contribution in [2.45, 2.75) is 62.7 Å². The molecular weight excluding hydrogens is 424 g/mol. The molecule has 0 aromatic heterocycles. The van der Waals surface area contributed by atoms with Gasteiger partial charge in [-0.3, -0.25) is 4.72 Å². The van der Waals surface area contributed by atoms with Crippen LogP contribution in [0.5, 0.6) is 0 Å². The average molecular weight is 457 g/mol. The SMILES string of the molecule is CC1CCN(c2ccc(NS(=O)(=O)c3ccc(C4CCCCC4)cc3)cc2C(=O)O)CC1. The number of carboxylic acid groups (broad SMARTS) is 1. The summed E-state index contributed by atoms with van der Waals surface area (Å²) in [6, 6.07) is 11.9. The lowest BCUT2D eigenvalue weighted by Gasteiger charge is -2.33. The standard InChI is InChI=1S/C25H32N2O4S/c1-18-13-15-27(16-14-18)24-12-9-21(17-23(24)25(28)29)26-32(30,31)22-10-7-20(8-11-22)19-5-3-2-4-6-19/h7-12,17-19,26H,2-6,13-16H2,1H3,(H,28,29). The van der Waals surface area contributed by atoms with Crippen LogP contribution in [-0.2, 0) is 10.0 Å². The largest absolute Gasteiger partial charge is 0.478 e. The molecule has 0 amide bonds. The number of piperidine rings is 1. The van der Waals surface area contributed by atoms with Crippen LogP contribution < -0.4 is 9.62 Å². The minimum atomic E-state index is -3.80. The lowest BCUT2D eigenvalue weighted by molar-refractivity contribution is 0.0697. The van der Waals surface area contributed by atoms with Crippen molar-refractivity contribution in [3.63, 3.8) is 0 Å². The number of hydrogen-bond donors (Lipinski definition) is 2. The molecule has 2 fully saturated rings. The number of rotatable bonds is 6. The van der Waals surface area contributed by atoms with Gasteiger partial charge in [-0.05, 0) is 73.4 Å². The van der Waals surface area contributed by atoms with E-state index in [0.717, 1.165) is 38.8 Å². The molecule has 2 aromatic rings. The van der Waals surface area contributed by atoms with Crippen LogP contribution in [0, 0.1) is 5.92 Å². The van der Waals surface area contributed by atoms with Crippen molar-refractivity contribution < 1.29 is 18.3 Å². The van der Waals surface area contributed by atoms with Gasteiger partial charge in [-0.1, -0.05) is 38.3 Å². The van der Waals surface area contributed by atoms with Crippen LogP contribution in [-0.4, -0.2) is 32.6 Å². The van der Waals surface area contributed by atoms with Crippen LogP contribution in [0.4, 0.5) is 11.4 Å².